The normalized spacial score (nSPS) is 12.2. The van der Waals surface area contributed by atoms with E-state index in [1.807, 2.05) is 19.1 Å². The maximum absolute atomic E-state index is 11.6. The summed E-state index contributed by atoms with van der Waals surface area (Å²) < 4.78 is 24.5. The van der Waals surface area contributed by atoms with Crippen molar-refractivity contribution in [2.24, 2.45) is 12.2 Å². The van der Waals surface area contributed by atoms with Crippen LogP contribution in [-0.2, 0) is 17.1 Å². The highest BCUT2D eigenvalue weighted by Crippen LogP contribution is 2.31. The SMILES string of the molecule is CCSc1cccc2nn(C)c(S(N)(=O)=O)c12. The van der Waals surface area contributed by atoms with Gasteiger partial charge in [-0.15, -0.1) is 11.8 Å². The van der Waals surface area contributed by atoms with Crippen LogP contribution in [-0.4, -0.2) is 24.0 Å². The summed E-state index contributed by atoms with van der Waals surface area (Å²) >= 11 is 1.58. The summed E-state index contributed by atoms with van der Waals surface area (Å²) in [5, 5.41) is 10.1. The Kier molecular flexibility index (Phi) is 3.15. The summed E-state index contributed by atoms with van der Waals surface area (Å²) in [5.41, 5.74) is 0.648. The fraction of sp³-hybridized carbons (Fsp3) is 0.300. The minimum absolute atomic E-state index is 0.0732. The third kappa shape index (κ3) is 2.18. The number of nitrogens with two attached hydrogens (primary N) is 1. The first kappa shape index (κ1) is 12.4. The molecule has 1 aromatic carbocycles. The molecular weight excluding hydrogens is 258 g/mol. The first-order valence-corrected chi connectivity index (χ1v) is 7.59. The summed E-state index contributed by atoms with van der Waals surface area (Å²) in [7, 11) is -2.19. The number of aryl methyl sites for hydroxylation is 1. The van der Waals surface area contributed by atoms with Gasteiger partial charge in [0.15, 0.2) is 5.03 Å². The molecule has 92 valence electrons. The van der Waals surface area contributed by atoms with Gasteiger partial charge in [0.25, 0.3) is 10.0 Å². The molecule has 0 atom stereocenters. The number of aromatic nitrogens is 2. The largest absolute Gasteiger partial charge is 0.255 e. The quantitative estimate of drug-likeness (QED) is 0.854. The second kappa shape index (κ2) is 4.32. The lowest BCUT2D eigenvalue weighted by Gasteiger charge is -2.03. The van der Waals surface area contributed by atoms with Crippen LogP contribution in [0.2, 0.25) is 0 Å². The molecule has 1 heterocycles. The maximum atomic E-state index is 11.6. The van der Waals surface area contributed by atoms with Crippen molar-refractivity contribution < 1.29 is 8.42 Å². The zero-order valence-electron chi connectivity index (χ0n) is 9.54. The number of rotatable bonds is 3. The van der Waals surface area contributed by atoms with Crippen LogP contribution in [0.5, 0.6) is 0 Å². The second-order valence-corrected chi connectivity index (χ2v) is 6.34. The summed E-state index contributed by atoms with van der Waals surface area (Å²) in [6.45, 7) is 2.01. The van der Waals surface area contributed by atoms with Crippen LogP contribution in [0.4, 0.5) is 0 Å². The molecule has 5 nitrogen and oxygen atoms in total. The van der Waals surface area contributed by atoms with E-state index < -0.39 is 10.0 Å². The highest BCUT2D eigenvalue weighted by molar-refractivity contribution is 7.99. The molecule has 0 amide bonds. The van der Waals surface area contributed by atoms with Crippen LogP contribution in [0.1, 0.15) is 6.92 Å². The topological polar surface area (TPSA) is 78.0 Å². The van der Waals surface area contributed by atoms with Crippen LogP contribution < -0.4 is 5.14 Å². The molecule has 0 aliphatic heterocycles. The number of thioether (sulfide) groups is 1. The predicted molar refractivity (Wildman–Crippen MR) is 68.5 cm³/mol. The molecule has 0 saturated carbocycles. The van der Waals surface area contributed by atoms with Gasteiger partial charge in [0.1, 0.15) is 0 Å². The summed E-state index contributed by atoms with van der Waals surface area (Å²) in [6, 6.07) is 5.52. The molecule has 0 fully saturated rings. The molecule has 2 N–H and O–H groups in total. The van der Waals surface area contributed by atoms with E-state index in [1.54, 1.807) is 24.9 Å². The van der Waals surface area contributed by atoms with Gasteiger partial charge in [-0.3, -0.25) is 4.68 Å². The van der Waals surface area contributed by atoms with Gasteiger partial charge < -0.3 is 0 Å². The van der Waals surface area contributed by atoms with Crippen molar-refractivity contribution in [3.8, 4) is 0 Å². The molecule has 1 aromatic heterocycles. The summed E-state index contributed by atoms with van der Waals surface area (Å²) in [6.07, 6.45) is 0. The lowest BCUT2D eigenvalue weighted by atomic mass is 10.2. The Balaban J connectivity index is 2.87. The summed E-state index contributed by atoms with van der Waals surface area (Å²) in [5.74, 6) is 0.859. The van der Waals surface area contributed by atoms with Gasteiger partial charge in [-0.05, 0) is 17.9 Å². The average Bonchev–Trinajstić information content (AvgIpc) is 2.54. The first-order chi connectivity index (χ1) is 7.95. The average molecular weight is 271 g/mol. The van der Waals surface area contributed by atoms with E-state index in [0.717, 1.165) is 10.6 Å². The molecular formula is C10H13N3O2S2. The van der Waals surface area contributed by atoms with E-state index in [9.17, 15) is 8.42 Å². The van der Waals surface area contributed by atoms with E-state index >= 15 is 0 Å². The molecule has 7 heteroatoms. The van der Waals surface area contributed by atoms with Crippen LogP contribution in [0, 0.1) is 0 Å². The number of hydrogen-bond donors (Lipinski definition) is 1. The standard InChI is InChI=1S/C10H13N3O2S2/c1-3-16-8-6-4-5-7-9(8)10(13(2)12-7)17(11,14)15/h4-6H,3H2,1-2H3,(H2,11,14,15). The van der Waals surface area contributed by atoms with Gasteiger partial charge >= 0.3 is 0 Å². The second-order valence-electron chi connectivity index (χ2n) is 3.56. The first-order valence-electron chi connectivity index (χ1n) is 5.06. The molecule has 2 rings (SSSR count). The molecule has 2 aromatic rings. The third-order valence-electron chi connectivity index (χ3n) is 2.34. The fourth-order valence-electron chi connectivity index (χ4n) is 1.79. The molecule has 0 aliphatic carbocycles. The van der Waals surface area contributed by atoms with Crippen LogP contribution in [0.3, 0.4) is 0 Å². The van der Waals surface area contributed by atoms with Crippen molar-refractivity contribution in [1.29, 1.82) is 0 Å². The molecule has 0 saturated heterocycles. The van der Waals surface area contributed by atoms with Crippen LogP contribution >= 0.6 is 11.8 Å². The van der Waals surface area contributed by atoms with Crippen molar-refractivity contribution in [3.63, 3.8) is 0 Å². The number of primary sulfonamides is 1. The Labute approximate surface area is 104 Å². The Morgan fingerprint density at radius 1 is 1.47 bits per heavy atom. The van der Waals surface area contributed by atoms with Crippen molar-refractivity contribution >= 4 is 32.7 Å². The Hall–Kier alpha value is -1.05. The summed E-state index contributed by atoms with van der Waals surface area (Å²) in [4.78, 5) is 0.891. The Morgan fingerprint density at radius 3 is 2.76 bits per heavy atom. The zero-order valence-corrected chi connectivity index (χ0v) is 11.2. The van der Waals surface area contributed by atoms with Crippen molar-refractivity contribution in [1.82, 2.24) is 9.78 Å². The fourth-order valence-corrected chi connectivity index (χ4v) is 3.59. The minimum Gasteiger partial charge on any atom is -0.255 e. The molecule has 0 aliphatic rings. The number of nitrogens with zero attached hydrogens (tertiary/aromatic N) is 2. The monoisotopic (exact) mass is 271 g/mol. The number of fused-ring (bicyclic) bond motifs is 1. The minimum atomic E-state index is -3.77. The number of sulfonamides is 1. The maximum Gasteiger partial charge on any atom is 0.255 e. The van der Waals surface area contributed by atoms with E-state index in [0.29, 0.717) is 10.9 Å². The molecule has 0 spiro atoms. The molecule has 17 heavy (non-hydrogen) atoms. The number of hydrogen-bond acceptors (Lipinski definition) is 4. The lowest BCUT2D eigenvalue weighted by molar-refractivity contribution is 0.580. The lowest BCUT2D eigenvalue weighted by Crippen LogP contribution is -2.16. The van der Waals surface area contributed by atoms with Gasteiger partial charge in [-0.25, -0.2) is 13.6 Å². The Morgan fingerprint density at radius 2 is 2.18 bits per heavy atom. The van der Waals surface area contributed by atoms with E-state index in [-0.39, 0.29) is 5.03 Å². The Bertz CT molecular complexity index is 661. The molecule has 0 unspecified atom stereocenters. The highest BCUT2D eigenvalue weighted by Gasteiger charge is 2.21. The zero-order chi connectivity index (χ0) is 12.6. The molecule has 0 bridgehead atoms. The van der Waals surface area contributed by atoms with Gasteiger partial charge in [-0.2, -0.15) is 5.10 Å². The van der Waals surface area contributed by atoms with E-state index in [1.165, 1.54) is 4.68 Å². The third-order valence-corrected chi connectivity index (χ3v) is 4.29. The van der Waals surface area contributed by atoms with Crippen molar-refractivity contribution in [3.05, 3.63) is 18.2 Å². The van der Waals surface area contributed by atoms with Gasteiger partial charge in [0.2, 0.25) is 0 Å². The number of benzene rings is 1. The van der Waals surface area contributed by atoms with Gasteiger partial charge in [0, 0.05) is 11.9 Å². The van der Waals surface area contributed by atoms with Gasteiger partial charge in [0.05, 0.1) is 10.9 Å². The predicted octanol–water partition coefficient (Wildman–Crippen LogP) is 1.33. The van der Waals surface area contributed by atoms with Crippen LogP contribution in [0.15, 0.2) is 28.1 Å². The molecule has 0 radical (unpaired) electrons. The highest BCUT2D eigenvalue weighted by atomic mass is 32.2. The van der Waals surface area contributed by atoms with E-state index in [2.05, 4.69) is 5.10 Å². The van der Waals surface area contributed by atoms with Crippen LogP contribution in [0.25, 0.3) is 10.9 Å². The van der Waals surface area contributed by atoms with Crippen molar-refractivity contribution in [2.75, 3.05) is 5.75 Å². The smallest absolute Gasteiger partial charge is 0.255 e. The van der Waals surface area contributed by atoms with Gasteiger partial charge in [-0.1, -0.05) is 13.0 Å². The van der Waals surface area contributed by atoms with Crippen molar-refractivity contribution in [2.45, 2.75) is 16.8 Å². The van der Waals surface area contributed by atoms with E-state index in [4.69, 9.17) is 5.14 Å².